The monoisotopic (exact) mass is 491 g/mol. The summed E-state index contributed by atoms with van der Waals surface area (Å²) < 4.78 is 7.11. The zero-order valence-electron chi connectivity index (χ0n) is 20.8. The molecule has 0 saturated heterocycles. The predicted octanol–water partition coefficient (Wildman–Crippen LogP) is 6.12. The number of rotatable bonds is 9. The number of nitrogens with one attached hydrogen (secondary N) is 1. The van der Waals surface area contributed by atoms with Gasteiger partial charge >= 0.3 is 0 Å². The molecule has 0 bridgehead atoms. The number of carbonyl (C=O) groups excluding carboxylic acids is 1. The minimum Gasteiger partial charge on any atom is -0.481 e. The first-order valence-corrected chi connectivity index (χ1v) is 12.8. The summed E-state index contributed by atoms with van der Waals surface area (Å²) in [5.74, 6) is 2.11. The minimum absolute atomic E-state index is 0. The smallest absolute Gasteiger partial charge is 0.263 e. The highest BCUT2D eigenvalue weighted by Gasteiger charge is 2.20. The molecule has 7 nitrogen and oxygen atoms in total. The lowest BCUT2D eigenvalue weighted by molar-refractivity contribution is -0.137. The van der Waals surface area contributed by atoms with Crippen molar-refractivity contribution in [2.45, 2.75) is 46.8 Å². The second-order valence-corrected chi connectivity index (χ2v) is 9.32. The number of nitrogens with zero attached hydrogens (tertiary/aromatic N) is 4. The molecule has 0 radical (unpaired) electrons. The van der Waals surface area contributed by atoms with Crippen LogP contribution in [-0.4, -0.2) is 45.0 Å². The van der Waals surface area contributed by atoms with Crippen LogP contribution in [0.5, 0.6) is 5.75 Å². The average molecular weight is 492 g/mol. The Labute approximate surface area is 211 Å². The van der Waals surface area contributed by atoms with E-state index in [4.69, 9.17) is 4.74 Å². The van der Waals surface area contributed by atoms with E-state index < -0.39 is 6.10 Å². The number of anilines is 1. The van der Waals surface area contributed by atoms with Crippen LogP contribution in [0.4, 0.5) is 5.82 Å². The Morgan fingerprint density at radius 3 is 2.69 bits per heavy atom. The maximum absolute atomic E-state index is 12.6. The van der Waals surface area contributed by atoms with Gasteiger partial charge in [0.1, 0.15) is 17.4 Å². The van der Waals surface area contributed by atoms with Gasteiger partial charge in [-0.3, -0.25) is 4.79 Å². The zero-order chi connectivity index (χ0) is 24.9. The van der Waals surface area contributed by atoms with E-state index >= 15 is 0 Å². The van der Waals surface area contributed by atoms with Crippen LogP contribution in [0, 0.1) is 6.92 Å². The van der Waals surface area contributed by atoms with Crippen molar-refractivity contribution in [1.29, 1.82) is 0 Å². The third-order valence-corrected chi connectivity index (χ3v) is 6.71. The molecule has 8 heteroatoms. The van der Waals surface area contributed by atoms with Gasteiger partial charge in [0, 0.05) is 26.1 Å². The van der Waals surface area contributed by atoms with E-state index in [1.807, 2.05) is 68.7 Å². The summed E-state index contributed by atoms with van der Waals surface area (Å²) in [4.78, 5) is 28.0. The van der Waals surface area contributed by atoms with Crippen LogP contribution in [0.3, 0.4) is 0 Å². The topological polar surface area (TPSA) is 80.2 Å². The molecule has 4 rings (SSSR count). The van der Waals surface area contributed by atoms with E-state index in [1.54, 1.807) is 23.2 Å². The molecule has 35 heavy (non-hydrogen) atoms. The normalized spacial score (nSPS) is 12.8. The molecule has 184 valence electrons. The molecule has 0 aliphatic heterocycles. The van der Waals surface area contributed by atoms with Gasteiger partial charge in [0.2, 0.25) is 0 Å². The second kappa shape index (κ2) is 10.8. The molecule has 4 aromatic rings. The van der Waals surface area contributed by atoms with E-state index in [9.17, 15) is 4.79 Å². The molecular formula is C27H33N5O2S. The van der Waals surface area contributed by atoms with Crippen molar-refractivity contribution in [3.8, 4) is 17.0 Å². The SMILES string of the molecule is CCN(CC)C(=O)C(C)Oc1cccc(C(C)Nc2cc(-c3ccc4ncsc4c3)nc(C)n2)c1.[HH]. The number of hydrogen-bond acceptors (Lipinski definition) is 7. The molecule has 2 atom stereocenters. The summed E-state index contributed by atoms with van der Waals surface area (Å²) in [6.45, 7) is 11.0. The maximum atomic E-state index is 12.6. The molecule has 0 aliphatic rings. The molecule has 0 fully saturated rings. The number of aryl methyl sites for hydroxylation is 1. The number of aromatic nitrogens is 3. The molecule has 1 amide bonds. The number of likely N-dealkylation sites (N-methyl/N-ethyl adjacent to an activating group) is 1. The first kappa shape index (κ1) is 24.6. The fourth-order valence-electron chi connectivity index (χ4n) is 4.01. The van der Waals surface area contributed by atoms with Crippen LogP contribution in [0.2, 0.25) is 0 Å². The Balaban J connectivity index is 0.00000361. The molecular weight excluding hydrogens is 458 g/mol. The quantitative estimate of drug-likeness (QED) is 0.304. The lowest BCUT2D eigenvalue weighted by Gasteiger charge is -2.24. The van der Waals surface area contributed by atoms with Gasteiger partial charge in [0.25, 0.3) is 5.91 Å². The molecule has 2 aromatic heterocycles. The van der Waals surface area contributed by atoms with Crippen molar-refractivity contribution >= 4 is 33.3 Å². The number of fused-ring (bicyclic) bond motifs is 1. The van der Waals surface area contributed by atoms with E-state index in [2.05, 4.69) is 33.3 Å². The number of benzene rings is 2. The highest BCUT2D eigenvalue weighted by atomic mass is 32.1. The predicted molar refractivity (Wildman–Crippen MR) is 144 cm³/mol. The van der Waals surface area contributed by atoms with Crippen LogP contribution in [-0.2, 0) is 4.79 Å². The fraction of sp³-hybridized carbons (Fsp3) is 0.333. The van der Waals surface area contributed by atoms with E-state index in [-0.39, 0.29) is 13.4 Å². The first-order valence-electron chi connectivity index (χ1n) is 11.9. The molecule has 2 aromatic carbocycles. The van der Waals surface area contributed by atoms with Crippen molar-refractivity contribution < 1.29 is 11.0 Å². The Kier molecular flexibility index (Phi) is 7.60. The Morgan fingerprint density at radius 1 is 1.11 bits per heavy atom. The summed E-state index contributed by atoms with van der Waals surface area (Å²) >= 11 is 1.62. The van der Waals surface area contributed by atoms with Crippen molar-refractivity contribution in [3.63, 3.8) is 0 Å². The number of hydrogen-bond donors (Lipinski definition) is 1. The van der Waals surface area contributed by atoms with E-state index in [0.29, 0.717) is 24.7 Å². The van der Waals surface area contributed by atoms with E-state index in [1.165, 1.54) is 0 Å². The van der Waals surface area contributed by atoms with Gasteiger partial charge in [-0.25, -0.2) is 15.0 Å². The molecule has 1 N–H and O–H groups in total. The second-order valence-electron chi connectivity index (χ2n) is 8.43. The molecule has 2 unspecified atom stereocenters. The Morgan fingerprint density at radius 2 is 1.91 bits per heavy atom. The van der Waals surface area contributed by atoms with Gasteiger partial charge < -0.3 is 15.0 Å². The molecule has 2 heterocycles. The molecule has 0 aliphatic carbocycles. The Bertz CT molecular complexity index is 1320. The largest absolute Gasteiger partial charge is 0.481 e. The average Bonchev–Trinajstić information content (AvgIpc) is 3.32. The zero-order valence-corrected chi connectivity index (χ0v) is 21.6. The van der Waals surface area contributed by atoms with Gasteiger partial charge in [-0.15, -0.1) is 11.3 Å². The minimum atomic E-state index is -0.545. The van der Waals surface area contributed by atoms with Crippen LogP contribution >= 0.6 is 11.3 Å². The van der Waals surface area contributed by atoms with Gasteiger partial charge in [-0.1, -0.05) is 18.2 Å². The van der Waals surface area contributed by atoms with Crippen LogP contribution in [0.25, 0.3) is 21.5 Å². The third-order valence-electron chi connectivity index (χ3n) is 5.92. The lowest BCUT2D eigenvalue weighted by Crippen LogP contribution is -2.40. The van der Waals surface area contributed by atoms with Crippen molar-refractivity contribution in [2.24, 2.45) is 0 Å². The van der Waals surface area contributed by atoms with Crippen molar-refractivity contribution in [3.05, 3.63) is 65.4 Å². The molecule has 0 spiro atoms. The molecule has 0 saturated carbocycles. The van der Waals surface area contributed by atoms with Crippen LogP contribution in [0.15, 0.2) is 54.0 Å². The first-order chi connectivity index (χ1) is 16.9. The summed E-state index contributed by atoms with van der Waals surface area (Å²) in [5.41, 5.74) is 5.78. The highest BCUT2D eigenvalue weighted by Crippen LogP contribution is 2.28. The fourth-order valence-corrected chi connectivity index (χ4v) is 4.73. The van der Waals surface area contributed by atoms with Crippen LogP contribution in [0.1, 0.15) is 46.6 Å². The standard InChI is InChI=1S/C27H31N5O2S.H2/c1-6-32(7-2)27(33)18(4)34-22-10-8-9-20(13-22)17(3)29-26-15-24(30-19(5)31-26)21-11-12-23-25(14-21)35-16-28-23;/h8-18H,6-7H2,1-5H3,(H,29,30,31);1H. The number of amides is 1. The van der Waals surface area contributed by atoms with Crippen molar-refractivity contribution in [1.82, 2.24) is 19.9 Å². The summed E-state index contributed by atoms with van der Waals surface area (Å²) in [5, 5.41) is 3.49. The van der Waals surface area contributed by atoms with Crippen LogP contribution < -0.4 is 10.1 Å². The van der Waals surface area contributed by atoms with Crippen molar-refractivity contribution in [2.75, 3.05) is 18.4 Å². The van der Waals surface area contributed by atoms with Gasteiger partial charge in [-0.2, -0.15) is 0 Å². The third kappa shape index (κ3) is 5.77. The van der Waals surface area contributed by atoms with Gasteiger partial charge in [0.05, 0.1) is 27.5 Å². The van der Waals surface area contributed by atoms with E-state index in [0.717, 1.165) is 32.9 Å². The number of ether oxygens (including phenoxy) is 1. The lowest BCUT2D eigenvalue weighted by atomic mass is 10.1. The summed E-state index contributed by atoms with van der Waals surface area (Å²) in [7, 11) is 0. The summed E-state index contributed by atoms with van der Waals surface area (Å²) in [6.07, 6.45) is -0.545. The highest BCUT2D eigenvalue weighted by molar-refractivity contribution is 7.16. The van der Waals surface area contributed by atoms with Gasteiger partial charge in [0.15, 0.2) is 6.10 Å². The van der Waals surface area contributed by atoms with Gasteiger partial charge in [-0.05, 0) is 64.4 Å². The Hall–Kier alpha value is -3.52. The number of carbonyl (C=O) groups is 1. The summed E-state index contributed by atoms with van der Waals surface area (Å²) in [6, 6.07) is 15.9. The number of thiazole rings is 1. The maximum Gasteiger partial charge on any atom is 0.263 e.